The molecular formula is C44H52FN9O6S2. The molecule has 3 heterocycles. The number of nitrogens with zero attached hydrogens (tertiary/aromatic N) is 2. The van der Waals surface area contributed by atoms with Crippen molar-refractivity contribution < 1.29 is 32.0 Å². The Labute approximate surface area is 364 Å². The van der Waals surface area contributed by atoms with E-state index in [2.05, 4.69) is 25.9 Å². The van der Waals surface area contributed by atoms with Crippen LogP contribution in [0.3, 0.4) is 0 Å². The second kappa shape index (κ2) is 20.9. The molecule has 9 N–H and O–H groups in total. The fourth-order valence-electron chi connectivity index (χ4n) is 7.44. The summed E-state index contributed by atoms with van der Waals surface area (Å²) in [7, 11) is -2.28. The van der Waals surface area contributed by atoms with E-state index in [0.29, 0.717) is 66.1 Å². The summed E-state index contributed by atoms with van der Waals surface area (Å²) in [6, 6.07) is 17.4. The van der Waals surface area contributed by atoms with Gasteiger partial charge in [-0.15, -0.1) is 0 Å². The first kappa shape index (κ1) is 45.9. The lowest BCUT2D eigenvalue weighted by Gasteiger charge is -2.32. The third-order valence-corrected chi connectivity index (χ3v) is 12.5. The summed E-state index contributed by atoms with van der Waals surface area (Å²) in [5, 5.41) is 10.7. The van der Waals surface area contributed by atoms with Crippen LogP contribution in [0.1, 0.15) is 59.2 Å². The molecule has 0 spiro atoms. The average Bonchev–Trinajstić information content (AvgIpc) is 3.67. The van der Waals surface area contributed by atoms with Gasteiger partial charge >= 0.3 is 0 Å². The van der Waals surface area contributed by atoms with Crippen molar-refractivity contribution in [2.45, 2.75) is 79.7 Å². The number of likely N-dealkylation sites (N-methyl/N-ethyl adjacent to an activating group) is 1. The zero-order valence-corrected chi connectivity index (χ0v) is 36.2. The molecular weight excluding hydrogens is 834 g/mol. The Balaban J connectivity index is 1.47. The highest BCUT2D eigenvalue weighted by molar-refractivity contribution is 7.99. The summed E-state index contributed by atoms with van der Waals surface area (Å²) in [5.74, 6) is -2.79. The number of aromatic amines is 1. The van der Waals surface area contributed by atoms with Crippen molar-refractivity contribution in [1.29, 1.82) is 0 Å². The number of carbonyl (C=O) groups is 4. The molecule has 6 rings (SSSR count). The molecule has 5 aromatic rings. The van der Waals surface area contributed by atoms with Crippen LogP contribution in [0.15, 0.2) is 95.1 Å². The maximum Gasteiger partial charge on any atom is 0.264 e. The third-order valence-electron chi connectivity index (χ3n) is 10.8. The van der Waals surface area contributed by atoms with Gasteiger partial charge in [0.25, 0.3) is 5.91 Å². The molecule has 3 aromatic carbocycles. The summed E-state index contributed by atoms with van der Waals surface area (Å²) >= 11 is 1.06. The van der Waals surface area contributed by atoms with Crippen LogP contribution in [-0.4, -0.2) is 91.4 Å². The smallest absolute Gasteiger partial charge is 0.264 e. The number of para-hydroxylation sites is 1. The predicted molar refractivity (Wildman–Crippen MR) is 237 cm³/mol. The Morgan fingerprint density at radius 2 is 1.66 bits per heavy atom. The lowest BCUT2D eigenvalue weighted by atomic mass is 9.97. The molecule has 62 heavy (non-hydrogen) atoms. The quantitative estimate of drug-likeness (QED) is 0.0893. The summed E-state index contributed by atoms with van der Waals surface area (Å²) in [6.07, 6.45) is 6.70. The van der Waals surface area contributed by atoms with E-state index in [4.69, 9.17) is 11.5 Å². The summed E-state index contributed by atoms with van der Waals surface area (Å²) < 4.78 is 41.8. The van der Waals surface area contributed by atoms with Gasteiger partial charge in [0.1, 0.15) is 22.9 Å². The van der Waals surface area contributed by atoms with Gasteiger partial charge in [-0.05, 0) is 103 Å². The van der Waals surface area contributed by atoms with Crippen LogP contribution in [0.2, 0.25) is 0 Å². The highest BCUT2D eigenvalue weighted by atomic mass is 32.2. The zero-order chi connectivity index (χ0) is 44.4. The molecule has 0 aliphatic carbocycles. The van der Waals surface area contributed by atoms with E-state index in [0.717, 1.165) is 34.5 Å². The molecule has 0 radical (unpaired) electrons. The number of H-pyrrole nitrogens is 1. The molecule has 18 heteroatoms. The molecule has 15 nitrogen and oxygen atoms in total. The normalized spacial score (nSPS) is 18.0. The number of pyridine rings is 1. The Hall–Kier alpha value is -5.66. The van der Waals surface area contributed by atoms with Crippen LogP contribution in [0.25, 0.3) is 22.0 Å². The Morgan fingerprint density at radius 1 is 0.919 bits per heavy atom. The van der Waals surface area contributed by atoms with Crippen LogP contribution in [0, 0.1) is 5.82 Å². The number of nitrogens with two attached hydrogens (primary N) is 2. The van der Waals surface area contributed by atoms with Crippen LogP contribution >= 0.6 is 11.8 Å². The first-order chi connectivity index (χ1) is 29.8. The molecule has 0 fully saturated rings. The number of sulfonamides is 1. The van der Waals surface area contributed by atoms with E-state index in [-0.39, 0.29) is 36.4 Å². The number of rotatable bonds is 12. The van der Waals surface area contributed by atoms with Gasteiger partial charge in [0.2, 0.25) is 27.7 Å². The molecule has 1 aliphatic rings. The third kappa shape index (κ3) is 11.4. The number of hydrogen-bond acceptors (Lipinski definition) is 11. The molecule has 2 aromatic heterocycles. The molecule has 1 aliphatic heterocycles. The lowest BCUT2D eigenvalue weighted by molar-refractivity contribution is -0.142. The van der Waals surface area contributed by atoms with Gasteiger partial charge in [0.15, 0.2) is 0 Å². The zero-order valence-electron chi connectivity index (χ0n) is 34.6. The fraction of sp³-hybridized carbons (Fsp3) is 0.341. The SMILES string of the molecule is CN1C(=O)[C@H](CCCCN)NC(=O)[C@H](CCCN)NCc2cccnc2Sc2c(F)ccc(-c3ccc(C(=O)NS(C)(=O)=O)cc3)c2CNC(=O)[C@@H]1Cc1c[nH]c2ccccc12. The summed E-state index contributed by atoms with van der Waals surface area (Å²) in [5.41, 5.74) is 15.6. The van der Waals surface area contributed by atoms with E-state index >= 15 is 4.39 Å². The number of aromatic nitrogens is 2. The number of amides is 4. The minimum atomic E-state index is -3.82. The molecule has 0 unspecified atom stereocenters. The fourth-order valence-corrected chi connectivity index (χ4v) is 8.95. The van der Waals surface area contributed by atoms with E-state index < -0.39 is 57.6 Å². The van der Waals surface area contributed by atoms with Crippen molar-refractivity contribution in [1.82, 2.24) is 35.5 Å². The van der Waals surface area contributed by atoms with Gasteiger partial charge in [-0.25, -0.2) is 22.5 Å². The van der Waals surface area contributed by atoms with Crippen molar-refractivity contribution in [3.05, 3.63) is 113 Å². The topological polar surface area (TPSA) is 234 Å². The van der Waals surface area contributed by atoms with E-state index in [1.165, 1.54) is 23.1 Å². The first-order valence-electron chi connectivity index (χ1n) is 20.4. The summed E-state index contributed by atoms with van der Waals surface area (Å²) in [6.45, 7) is 0.715. The number of fused-ring (bicyclic) bond motifs is 3. The molecule has 3 atom stereocenters. The number of hydrogen-bond donors (Lipinski definition) is 7. The van der Waals surface area contributed by atoms with Crippen LogP contribution in [0.5, 0.6) is 0 Å². The van der Waals surface area contributed by atoms with E-state index in [9.17, 15) is 27.6 Å². The van der Waals surface area contributed by atoms with Crippen molar-refractivity contribution in [2.75, 3.05) is 26.4 Å². The molecule has 0 saturated heterocycles. The Bertz CT molecular complexity index is 2520. The summed E-state index contributed by atoms with van der Waals surface area (Å²) in [4.78, 5) is 65.5. The van der Waals surface area contributed by atoms with E-state index in [1.807, 2.05) is 35.1 Å². The van der Waals surface area contributed by atoms with Gasteiger partial charge in [-0.1, -0.05) is 54.2 Å². The highest BCUT2D eigenvalue weighted by Gasteiger charge is 2.34. The maximum atomic E-state index is 16.3. The van der Waals surface area contributed by atoms with Gasteiger partial charge in [0, 0.05) is 55.4 Å². The molecule has 0 saturated carbocycles. The lowest BCUT2D eigenvalue weighted by Crippen LogP contribution is -2.57. The monoisotopic (exact) mass is 885 g/mol. The maximum absolute atomic E-state index is 16.3. The van der Waals surface area contributed by atoms with Gasteiger partial charge in [0.05, 0.1) is 17.2 Å². The molecule has 4 amide bonds. The average molecular weight is 886 g/mol. The van der Waals surface area contributed by atoms with Crippen LogP contribution < -0.4 is 32.1 Å². The molecule has 0 bridgehead atoms. The number of carbonyl (C=O) groups excluding carboxylic acids is 4. The van der Waals surface area contributed by atoms with Crippen LogP contribution in [0.4, 0.5) is 4.39 Å². The second-order valence-corrected chi connectivity index (χ2v) is 18.0. The van der Waals surface area contributed by atoms with Gasteiger partial charge in [-0.3, -0.25) is 19.2 Å². The minimum Gasteiger partial charge on any atom is -0.361 e. The van der Waals surface area contributed by atoms with Crippen molar-refractivity contribution in [2.24, 2.45) is 11.5 Å². The Morgan fingerprint density at radius 3 is 2.40 bits per heavy atom. The van der Waals surface area contributed by atoms with Gasteiger partial charge < -0.3 is 37.3 Å². The van der Waals surface area contributed by atoms with Crippen LogP contribution in [-0.2, 0) is 43.9 Å². The standard InChI is InChI=1S/C44H52FN9O6S2/c1-54-38(23-30-25-49-35-11-4-3-10-32(30)35)42(57)51-26-33-31(27-14-16-28(17-15-27)40(55)53-62(2,59)60)18-19-34(45)39(33)61-43-29(9-8-22-48-43)24-50-36(13-7-21-47)41(56)52-37(44(54)58)12-5-6-20-46/h3-4,8-11,14-19,22,25,36-38,49-50H,5-7,12-13,20-21,23-24,26,46-47H2,1-2H3,(H,51,57)(H,52,56)(H,53,55)/t36-,37-,38-/m0/s1. The van der Waals surface area contributed by atoms with E-state index in [1.54, 1.807) is 43.7 Å². The van der Waals surface area contributed by atoms with Crippen molar-refractivity contribution >= 4 is 56.3 Å². The molecule has 328 valence electrons. The highest BCUT2D eigenvalue weighted by Crippen LogP contribution is 2.39. The number of benzene rings is 3. The van der Waals surface area contributed by atoms with Crippen molar-refractivity contribution in [3.8, 4) is 11.1 Å². The number of unbranched alkanes of at least 4 members (excludes halogenated alkanes) is 1. The minimum absolute atomic E-state index is 0.0839. The largest absolute Gasteiger partial charge is 0.361 e. The Kier molecular flexibility index (Phi) is 15.5. The number of nitrogens with one attached hydrogen (secondary N) is 5. The first-order valence-corrected chi connectivity index (χ1v) is 23.1. The number of halogens is 1. The predicted octanol–water partition coefficient (Wildman–Crippen LogP) is 3.72. The van der Waals surface area contributed by atoms with Crippen molar-refractivity contribution in [3.63, 3.8) is 0 Å². The second-order valence-electron chi connectivity index (χ2n) is 15.2. The van der Waals surface area contributed by atoms with Gasteiger partial charge in [-0.2, -0.15) is 0 Å².